The lowest BCUT2D eigenvalue weighted by Gasteiger charge is -2.37. The summed E-state index contributed by atoms with van der Waals surface area (Å²) >= 11 is 0. The second-order valence-electron chi connectivity index (χ2n) is 14.2. The van der Waals surface area contributed by atoms with E-state index in [4.69, 9.17) is 19.2 Å². The number of amides is 2. The van der Waals surface area contributed by atoms with Crippen molar-refractivity contribution in [1.29, 1.82) is 0 Å². The molecule has 0 spiro atoms. The van der Waals surface area contributed by atoms with Gasteiger partial charge in [-0.15, -0.1) is 0 Å². The van der Waals surface area contributed by atoms with Crippen molar-refractivity contribution in [3.8, 4) is 5.75 Å². The highest BCUT2D eigenvalue weighted by Gasteiger charge is 2.39. The zero-order valence-electron chi connectivity index (χ0n) is 33.3. The lowest BCUT2D eigenvalue weighted by atomic mass is 9.77. The average molecular weight is 799 g/mol. The fourth-order valence-electron chi connectivity index (χ4n) is 7.26. The smallest absolute Gasteiger partial charge is 0.408 e. The summed E-state index contributed by atoms with van der Waals surface area (Å²) in [6.45, 7) is 0.102. The van der Waals surface area contributed by atoms with Crippen LogP contribution in [0.5, 0.6) is 5.75 Å². The molecule has 0 saturated carbocycles. The fourth-order valence-corrected chi connectivity index (χ4v) is 7.26. The highest BCUT2D eigenvalue weighted by molar-refractivity contribution is 5.88. The third kappa shape index (κ3) is 9.97. The molecule has 302 valence electrons. The normalized spacial score (nSPS) is 11.6. The third-order valence-electron chi connectivity index (χ3n) is 10.2. The molecule has 1 heterocycles. The van der Waals surface area contributed by atoms with Crippen LogP contribution in [0.4, 0.5) is 4.79 Å². The highest BCUT2D eigenvalue weighted by Crippen LogP contribution is 2.40. The molecule has 6 aromatic carbocycles. The number of aromatic nitrogens is 2. The van der Waals surface area contributed by atoms with E-state index in [1.165, 1.54) is 12.0 Å². The number of nitrogens with zero attached hydrogens (tertiary/aromatic N) is 3. The van der Waals surface area contributed by atoms with Gasteiger partial charge in [-0.05, 0) is 45.5 Å². The number of nitrogens with one attached hydrogen (secondary N) is 1. The number of carbonyl (C=O) groups excluding carboxylic acids is 3. The summed E-state index contributed by atoms with van der Waals surface area (Å²) in [4.78, 5) is 47.2. The molecule has 1 aromatic heterocycles. The standard InChI is InChI=1S/C50H46N4O6/c1-58-47(55)34-53(32-38-27-29-45(30-28-38)59-35-39-17-7-2-8-18-39)48(56)46(52-49(57)60-36-40-19-9-3-10-20-40)31-44-33-54(37-51-44)50(41-21-11-4-12-22-41,42-23-13-5-14-24-42)43-25-15-6-16-26-43/h2-30,33,37,46H,31-32,34-36H2,1H3,(H,52,57). The van der Waals surface area contributed by atoms with Crippen LogP contribution in [0.15, 0.2) is 188 Å². The first-order valence-electron chi connectivity index (χ1n) is 19.7. The number of alkyl carbamates (subject to hydrolysis) is 1. The predicted octanol–water partition coefficient (Wildman–Crippen LogP) is 8.34. The summed E-state index contributed by atoms with van der Waals surface area (Å²) in [6.07, 6.45) is 2.86. The van der Waals surface area contributed by atoms with E-state index >= 15 is 0 Å². The van der Waals surface area contributed by atoms with Crippen LogP contribution in [0, 0.1) is 0 Å². The van der Waals surface area contributed by atoms with Crippen molar-refractivity contribution < 1.29 is 28.6 Å². The summed E-state index contributed by atoms with van der Waals surface area (Å²) in [6, 6.07) is 55.8. The molecule has 0 saturated heterocycles. The molecule has 7 aromatic rings. The molecular formula is C50H46N4O6. The molecule has 10 heteroatoms. The van der Waals surface area contributed by atoms with Gasteiger partial charge in [0.15, 0.2) is 0 Å². The molecule has 1 N–H and O–H groups in total. The van der Waals surface area contributed by atoms with Gasteiger partial charge >= 0.3 is 12.1 Å². The number of hydrogen-bond donors (Lipinski definition) is 1. The van der Waals surface area contributed by atoms with Crippen LogP contribution in [0.25, 0.3) is 0 Å². The number of esters is 1. The minimum atomic E-state index is -1.17. The van der Waals surface area contributed by atoms with Crippen molar-refractivity contribution >= 4 is 18.0 Å². The molecule has 7 rings (SSSR count). The Hall–Kier alpha value is -7.46. The number of benzene rings is 6. The first-order valence-corrected chi connectivity index (χ1v) is 19.7. The van der Waals surface area contributed by atoms with E-state index in [0.29, 0.717) is 18.1 Å². The Morgan fingerprint density at radius 3 is 1.67 bits per heavy atom. The first-order chi connectivity index (χ1) is 29.4. The molecule has 0 fully saturated rings. The van der Waals surface area contributed by atoms with Gasteiger partial charge in [0.1, 0.15) is 37.1 Å². The molecule has 60 heavy (non-hydrogen) atoms. The SMILES string of the molecule is COC(=O)CN(Cc1ccc(OCc2ccccc2)cc1)C(=O)C(Cc1cn(C(c2ccccc2)(c2ccccc2)c2ccccc2)cn1)NC(=O)OCc1ccccc1. The van der Waals surface area contributed by atoms with Gasteiger partial charge in [-0.25, -0.2) is 9.78 Å². The van der Waals surface area contributed by atoms with E-state index in [9.17, 15) is 14.4 Å². The molecule has 1 unspecified atom stereocenters. The molecule has 10 nitrogen and oxygen atoms in total. The van der Waals surface area contributed by atoms with Crippen LogP contribution < -0.4 is 10.1 Å². The van der Waals surface area contributed by atoms with Crippen molar-refractivity contribution in [1.82, 2.24) is 19.8 Å². The van der Waals surface area contributed by atoms with Crippen molar-refractivity contribution in [3.05, 3.63) is 228 Å². The van der Waals surface area contributed by atoms with Gasteiger partial charge < -0.3 is 29.0 Å². The predicted molar refractivity (Wildman–Crippen MR) is 229 cm³/mol. The lowest BCUT2D eigenvalue weighted by Crippen LogP contribution is -2.51. The third-order valence-corrected chi connectivity index (χ3v) is 10.2. The van der Waals surface area contributed by atoms with Crippen LogP contribution in [0.1, 0.15) is 39.1 Å². The van der Waals surface area contributed by atoms with Crippen LogP contribution in [0.3, 0.4) is 0 Å². The van der Waals surface area contributed by atoms with Gasteiger partial charge in [0.25, 0.3) is 0 Å². The quantitative estimate of drug-likeness (QED) is 0.0729. The summed E-state index contributed by atoms with van der Waals surface area (Å²) in [7, 11) is 1.27. The van der Waals surface area contributed by atoms with Crippen LogP contribution in [-0.2, 0) is 50.8 Å². The van der Waals surface area contributed by atoms with Crippen molar-refractivity contribution in [2.75, 3.05) is 13.7 Å². The highest BCUT2D eigenvalue weighted by atomic mass is 16.5. The van der Waals surface area contributed by atoms with E-state index in [-0.39, 0.29) is 26.1 Å². The fraction of sp³-hybridized carbons (Fsp3) is 0.160. The van der Waals surface area contributed by atoms with Crippen molar-refractivity contribution in [2.24, 2.45) is 0 Å². The minimum Gasteiger partial charge on any atom is -0.489 e. The van der Waals surface area contributed by atoms with Gasteiger partial charge in [0.2, 0.25) is 5.91 Å². The summed E-state index contributed by atoms with van der Waals surface area (Å²) in [5.74, 6) is -0.474. The average Bonchev–Trinajstić information content (AvgIpc) is 3.78. The zero-order valence-corrected chi connectivity index (χ0v) is 33.3. The van der Waals surface area contributed by atoms with E-state index in [2.05, 4.69) is 41.7 Å². The number of hydrogen-bond acceptors (Lipinski definition) is 7. The van der Waals surface area contributed by atoms with E-state index in [1.807, 2.05) is 150 Å². The largest absolute Gasteiger partial charge is 0.489 e. The molecule has 0 aliphatic heterocycles. The van der Waals surface area contributed by atoms with E-state index in [1.54, 1.807) is 6.33 Å². The molecule has 0 radical (unpaired) electrons. The Morgan fingerprint density at radius 1 is 0.650 bits per heavy atom. The Kier molecular flexibility index (Phi) is 13.4. The maximum absolute atomic E-state index is 14.7. The van der Waals surface area contributed by atoms with Gasteiger partial charge in [-0.2, -0.15) is 0 Å². The van der Waals surface area contributed by atoms with Gasteiger partial charge in [0, 0.05) is 19.2 Å². The topological polar surface area (TPSA) is 112 Å². The molecule has 0 aliphatic rings. The Labute approximate surface area is 350 Å². The van der Waals surface area contributed by atoms with Crippen LogP contribution >= 0.6 is 0 Å². The maximum atomic E-state index is 14.7. The first kappa shape index (κ1) is 40.7. The van der Waals surface area contributed by atoms with Crippen molar-refractivity contribution in [3.63, 3.8) is 0 Å². The lowest BCUT2D eigenvalue weighted by molar-refractivity contribution is -0.148. The van der Waals surface area contributed by atoms with Gasteiger partial charge in [-0.3, -0.25) is 9.59 Å². The summed E-state index contributed by atoms with van der Waals surface area (Å²) in [5, 5.41) is 2.80. The molecule has 1 atom stereocenters. The van der Waals surface area contributed by atoms with E-state index in [0.717, 1.165) is 33.4 Å². The second kappa shape index (κ2) is 19.8. The van der Waals surface area contributed by atoms with Crippen LogP contribution in [0.2, 0.25) is 0 Å². The maximum Gasteiger partial charge on any atom is 0.408 e. The summed E-state index contributed by atoms with van der Waals surface area (Å²) < 4.78 is 18.6. The number of rotatable bonds is 17. The zero-order chi connectivity index (χ0) is 41.6. The number of imidazole rings is 1. The molecule has 0 aliphatic carbocycles. The monoisotopic (exact) mass is 798 g/mol. The van der Waals surface area contributed by atoms with Gasteiger partial charge in [0.05, 0.1) is 19.1 Å². The molecular weight excluding hydrogens is 753 g/mol. The number of carbonyl (C=O) groups is 3. The number of methoxy groups -OCH3 is 1. The Morgan fingerprint density at radius 2 is 1.15 bits per heavy atom. The van der Waals surface area contributed by atoms with Crippen LogP contribution in [-0.4, -0.2) is 52.1 Å². The molecule has 2 amide bonds. The molecule has 0 bridgehead atoms. The van der Waals surface area contributed by atoms with E-state index < -0.39 is 29.6 Å². The second-order valence-corrected chi connectivity index (χ2v) is 14.2. The Balaban J connectivity index is 1.20. The van der Waals surface area contributed by atoms with Gasteiger partial charge in [-0.1, -0.05) is 164 Å². The Bertz CT molecular complexity index is 2330. The minimum absolute atomic E-state index is 0.000521. The van der Waals surface area contributed by atoms with Crippen molar-refractivity contribution in [2.45, 2.75) is 37.8 Å². The number of ether oxygens (including phenoxy) is 3. The summed E-state index contributed by atoms with van der Waals surface area (Å²) in [5.41, 5.74) is 5.26.